The Kier molecular flexibility index (Phi) is 6.60. The number of aryl methyl sites for hydroxylation is 2. The lowest BCUT2D eigenvalue weighted by molar-refractivity contribution is -0.132. The van der Waals surface area contributed by atoms with Gasteiger partial charge in [0.1, 0.15) is 18.1 Å². The average Bonchev–Trinajstić information content (AvgIpc) is 3.19. The van der Waals surface area contributed by atoms with Crippen molar-refractivity contribution in [3.05, 3.63) is 137 Å². The normalized spacial score (nSPS) is 16.7. The van der Waals surface area contributed by atoms with Crippen molar-refractivity contribution in [3.63, 3.8) is 0 Å². The van der Waals surface area contributed by atoms with Gasteiger partial charge in [0.2, 0.25) is 0 Å². The van der Waals surface area contributed by atoms with Crippen LogP contribution in [0, 0.1) is 13.8 Å². The Morgan fingerprint density at radius 2 is 1.49 bits per heavy atom. The van der Waals surface area contributed by atoms with E-state index in [0.717, 1.165) is 22.3 Å². The van der Waals surface area contributed by atoms with Crippen molar-refractivity contribution in [1.82, 2.24) is 0 Å². The molecule has 1 unspecified atom stereocenters. The third-order valence-electron chi connectivity index (χ3n) is 6.56. The maximum absolute atomic E-state index is 13.3. The number of hydrogen-bond acceptors (Lipinski definition) is 4. The summed E-state index contributed by atoms with van der Waals surface area (Å²) in [5.74, 6) is -0.910. The van der Waals surface area contributed by atoms with Gasteiger partial charge >= 0.3 is 0 Å². The number of carbonyl (C=O) groups is 2. The second-order valence-electron chi connectivity index (χ2n) is 9.17. The number of aliphatic hydroxyl groups is 1. The summed E-state index contributed by atoms with van der Waals surface area (Å²) in [5.41, 5.74) is 4.75. The summed E-state index contributed by atoms with van der Waals surface area (Å²) in [6.07, 6.45) is 0. The first-order chi connectivity index (χ1) is 17.9. The summed E-state index contributed by atoms with van der Waals surface area (Å²) in [7, 11) is 0. The molecule has 1 atom stereocenters. The highest BCUT2D eigenvalue weighted by atomic mass is 16.5. The van der Waals surface area contributed by atoms with Crippen LogP contribution >= 0.6 is 0 Å². The molecule has 0 aliphatic carbocycles. The topological polar surface area (TPSA) is 66.8 Å². The van der Waals surface area contributed by atoms with Crippen LogP contribution in [0.4, 0.5) is 5.69 Å². The second-order valence-corrected chi connectivity index (χ2v) is 9.17. The molecule has 5 rings (SSSR count). The van der Waals surface area contributed by atoms with Gasteiger partial charge in [-0.2, -0.15) is 0 Å². The fourth-order valence-electron chi connectivity index (χ4n) is 4.60. The van der Waals surface area contributed by atoms with E-state index in [2.05, 4.69) is 0 Å². The average molecular weight is 490 g/mol. The predicted octanol–water partition coefficient (Wildman–Crippen LogP) is 6.51. The molecular formula is C32H27NO4. The minimum absolute atomic E-state index is 0.0640. The summed E-state index contributed by atoms with van der Waals surface area (Å²) in [4.78, 5) is 28.1. The molecule has 5 nitrogen and oxygen atoms in total. The zero-order valence-electron chi connectivity index (χ0n) is 20.7. The number of amides is 1. The maximum atomic E-state index is 13.3. The van der Waals surface area contributed by atoms with Gasteiger partial charge in [-0.15, -0.1) is 0 Å². The Morgan fingerprint density at radius 3 is 2.14 bits per heavy atom. The number of anilines is 1. The number of ketones is 1. The van der Waals surface area contributed by atoms with Crippen molar-refractivity contribution in [1.29, 1.82) is 0 Å². The minimum atomic E-state index is -0.752. The van der Waals surface area contributed by atoms with E-state index in [0.29, 0.717) is 23.6 Å². The third kappa shape index (κ3) is 4.76. The largest absolute Gasteiger partial charge is 0.507 e. The zero-order valence-corrected chi connectivity index (χ0v) is 20.7. The van der Waals surface area contributed by atoms with Gasteiger partial charge in [-0.1, -0.05) is 78.4 Å². The van der Waals surface area contributed by atoms with E-state index in [4.69, 9.17) is 4.74 Å². The molecule has 1 N–H and O–H groups in total. The minimum Gasteiger partial charge on any atom is -0.507 e. The first-order valence-corrected chi connectivity index (χ1v) is 12.1. The number of rotatable bonds is 6. The van der Waals surface area contributed by atoms with E-state index in [1.807, 2.05) is 98.8 Å². The molecule has 4 aromatic rings. The predicted molar refractivity (Wildman–Crippen MR) is 144 cm³/mol. The van der Waals surface area contributed by atoms with Crippen LogP contribution in [-0.2, 0) is 16.2 Å². The van der Waals surface area contributed by atoms with Crippen LogP contribution in [0.5, 0.6) is 5.75 Å². The van der Waals surface area contributed by atoms with E-state index < -0.39 is 17.7 Å². The number of carbonyl (C=O) groups excluding carboxylic acids is 2. The lowest BCUT2D eigenvalue weighted by atomic mass is 9.94. The van der Waals surface area contributed by atoms with E-state index in [1.54, 1.807) is 18.2 Å². The molecule has 0 saturated carbocycles. The van der Waals surface area contributed by atoms with E-state index >= 15 is 0 Å². The van der Waals surface area contributed by atoms with Crippen LogP contribution < -0.4 is 9.64 Å². The Labute approximate surface area is 216 Å². The maximum Gasteiger partial charge on any atom is 0.300 e. The Bertz CT molecular complexity index is 1470. The number of Topliss-reactive ketones (excluding diaryl/α,β-unsaturated/α-hetero) is 1. The fourth-order valence-corrected chi connectivity index (χ4v) is 4.60. The van der Waals surface area contributed by atoms with E-state index in [9.17, 15) is 14.7 Å². The molecule has 1 amide bonds. The molecule has 1 saturated heterocycles. The summed E-state index contributed by atoms with van der Waals surface area (Å²) in [5, 5.41) is 11.4. The van der Waals surface area contributed by atoms with Gasteiger partial charge in [-0.3, -0.25) is 14.5 Å². The fraction of sp³-hybridized carbons (Fsp3) is 0.125. The number of ether oxygens (including phenoxy) is 1. The number of hydrogen-bond donors (Lipinski definition) is 1. The third-order valence-corrected chi connectivity index (χ3v) is 6.56. The number of nitrogens with zero attached hydrogens (tertiary/aromatic N) is 1. The molecule has 0 bridgehead atoms. The highest BCUT2D eigenvalue weighted by Gasteiger charge is 2.46. The Hall–Kier alpha value is -4.64. The molecule has 37 heavy (non-hydrogen) atoms. The monoisotopic (exact) mass is 489 g/mol. The van der Waals surface area contributed by atoms with E-state index in [1.165, 1.54) is 4.90 Å². The Balaban J connectivity index is 1.54. The van der Waals surface area contributed by atoms with Gasteiger partial charge in [0.15, 0.2) is 0 Å². The second kappa shape index (κ2) is 10.2. The number of benzene rings is 4. The van der Waals surface area contributed by atoms with Crippen LogP contribution in [0.25, 0.3) is 5.76 Å². The molecule has 184 valence electrons. The molecule has 1 fully saturated rings. The molecular weight excluding hydrogens is 462 g/mol. The van der Waals surface area contributed by atoms with Gasteiger partial charge in [0, 0.05) is 11.3 Å². The smallest absolute Gasteiger partial charge is 0.300 e. The van der Waals surface area contributed by atoms with Crippen LogP contribution in [0.15, 0.2) is 109 Å². The van der Waals surface area contributed by atoms with Crippen LogP contribution in [-0.4, -0.2) is 16.8 Å². The molecule has 4 aromatic carbocycles. The standard InChI is InChI=1S/C32H27NO4/c1-21-13-16-26(17-14-21)33-29(24-11-7-4-8-12-24)28(31(35)32(33)36)30(34)25-15-18-27(22(2)19-25)37-20-23-9-5-3-6-10-23/h3-19,29,34H,20H2,1-2H3/b30-28-. The van der Waals surface area contributed by atoms with Crippen molar-refractivity contribution in [3.8, 4) is 5.75 Å². The first kappa shape index (κ1) is 24.1. The zero-order chi connectivity index (χ0) is 25.9. The van der Waals surface area contributed by atoms with Crippen molar-refractivity contribution in [2.45, 2.75) is 26.5 Å². The number of aliphatic hydroxyl groups excluding tert-OH is 1. The molecule has 0 aromatic heterocycles. The summed E-state index contributed by atoms with van der Waals surface area (Å²) < 4.78 is 5.97. The van der Waals surface area contributed by atoms with Gasteiger partial charge in [0.05, 0.1) is 11.6 Å². The molecule has 0 spiro atoms. The summed E-state index contributed by atoms with van der Waals surface area (Å²) in [6.45, 7) is 4.27. The molecule has 1 heterocycles. The SMILES string of the molecule is Cc1ccc(N2C(=O)C(=O)/C(=C(\O)c3ccc(OCc4ccccc4)c(C)c3)C2c2ccccc2)cc1. The summed E-state index contributed by atoms with van der Waals surface area (Å²) >= 11 is 0. The van der Waals surface area contributed by atoms with Crippen molar-refractivity contribution < 1.29 is 19.4 Å². The van der Waals surface area contributed by atoms with Gasteiger partial charge < -0.3 is 9.84 Å². The van der Waals surface area contributed by atoms with Gasteiger partial charge in [-0.25, -0.2) is 0 Å². The lowest BCUT2D eigenvalue weighted by Crippen LogP contribution is -2.29. The first-order valence-electron chi connectivity index (χ1n) is 12.1. The van der Waals surface area contributed by atoms with E-state index in [-0.39, 0.29) is 11.3 Å². The highest BCUT2D eigenvalue weighted by Crippen LogP contribution is 2.42. The van der Waals surface area contributed by atoms with Crippen LogP contribution in [0.2, 0.25) is 0 Å². The quantitative estimate of drug-likeness (QED) is 0.191. The highest BCUT2D eigenvalue weighted by molar-refractivity contribution is 6.51. The van der Waals surface area contributed by atoms with Crippen LogP contribution in [0.3, 0.4) is 0 Å². The van der Waals surface area contributed by atoms with Gasteiger partial charge in [-0.05, 0) is 60.9 Å². The molecule has 1 aliphatic heterocycles. The summed E-state index contributed by atoms with van der Waals surface area (Å²) in [6, 6.07) is 31.1. The Morgan fingerprint density at radius 1 is 0.838 bits per heavy atom. The van der Waals surface area contributed by atoms with Gasteiger partial charge in [0.25, 0.3) is 11.7 Å². The molecule has 5 heteroatoms. The lowest BCUT2D eigenvalue weighted by Gasteiger charge is -2.25. The van der Waals surface area contributed by atoms with Crippen molar-refractivity contribution >= 4 is 23.1 Å². The van der Waals surface area contributed by atoms with Crippen LogP contribution in [0.1, 0.15) is 33.9 Å². The van der Waals surface area contributed by atoms with Crippen molar-refractivity contribution in [2.24, 2.45) is 0 Å². The molecule has 0 radical (unpaired) electrons. The molecule has 1 aliphatic rings. The van der Waals surface area contributed by atoms with Crippen molar-refractivity contribution in [2.75, 3.05) is 4.90 Å².